The minimum absolute atomic E-state index is 0.0577. The van der Waals surface area contributed by atoms with Gasteiger partial charge in [-0.25, -0.2) is 17.5 Å². The molecule has 0 amide bonds. The highest BCUT2D eigenvalue weighted by Gasteiger charge is 2.23. The summed E-state index contributed by atoms with van der Waals surface area (Å²) in [6, 6.07) is 8.55. The number of hydrogen-bond acceptors (Lipinski definition) is 5. The van der Waals surface area contributed by atoms with Gasteiger partial charge in [-0.1, -0.05) is 26.7 Å². The van der Waals surface area contributed by atoms with Gasteiger partial charge in [-0.3, -0.25) is 4.79 Å². The van der Waals surface area contributed by atoms with Crippen LogP contribution in [0.2, 0.25) is 0 Å². The van der Waals surface area contributed by atoms with Crippen LogP contribution in [0.25, 0.3) is 0 Å². The lowest BCUT2D eigenvalue weighted by Gasteiger charge is -2.18. The molecular weight excluding hydrogens is 437 g/mol. The van der Waals surface area contributed by atoms with Crippen LogP contribution in [0.15, 0.2) is 41.3 Å². The van der Waals surface area contributed by atoms with E-state index in [9.17, 15) is 17.6 Å². The largest absolute Gasteiger partial charge is 0.469 e. The molecule has 0 aliphatic heterocycles. The lowest BCUT2D eigenvalue weighted by Crippen LogP contribution is -2.28. The normalized spacial score (nSPS) is 12.8. The zero-order valence-corrected chi connectivity index (χ0v) is 20.0. The molecule has 31 heavy (non-hydrogen) atoms. The van der Waals surface area contributed by atoms with Gasteiger partial charge < -0.3 is 4.74 Å². The first-order valence-electron chi connectivity index (χ1n) is 10.6. The maximum Gasteiger partial charge on any atom is 0.305 e. The molecule has 0 aliphatic rings. The maximum atomic E-state index is 13.2. The van der Waals surface area contributed by atoms with Gasteiger partial charge in [-0.2, -0.15) is 0 Å². The average Bonchev–Trinajstić information content (AvgIpc) is 3.19. The second-order valence-electron chi connectivity index (χ2n) is 8.04. The fourth-order valence-corrected chi connectivity index (χ4v) is 5.71. The summed E-state index contributed by atoms with van der Waals surface area (Å²) in [6.07, 6.45) is 5.49. The topological polar surface area (TPSA) is 72.5 Å². The van der Waals surface area contributed by atoms with Gasteiger partial charge in [0.2, 0.25) is 10.0 Å². The fraction of sp³-hybridized carbons (Fsp3) is 0.522. The van der Waals surface area contributed by atoms with Gasteiger partial charge in [-0.05, 0) is 68.0 Å². The van der Waals surface area contributed by atoms with Crippen molar-refractivity contribution in [3.63, 3.8) is 0 Å². The molecule has 2 rings (SSSR count). The number of nitrogens with one attached hydrogen (secondary N) is 1. The van der Waals surface area contributed by atoms with Crippen LogP contribution >= 0.6 is 11.3 Å². The van der Waals surface area contributed by atoms with E-state index in [-0.39, 0.29) is 16.9 Å². The molecule has 1 heterocycles. The van der Waals surface area contributed by atoms with Crippen molar-refractivity contribution in [2.45, 2.75) is 69.7 Å². The second-order valence-corrected chi connectivity index (χ2v) is 11.0. The lowest BCUT2D eigenvalue weighted by atomic mass is 10.0. The maximum absolute atomic E-state index is 13.2. The molecule has 1 unspecified atom stereocenters. The molecule has 0 saturated carbocycles. The molecule has 5 nitrogen and oxygen atoms in total. The van der Waals surface area contributed by atoms with Crippen molar-refractivity contribution in [1.29, 1.82) is 0 Å². The number of benzene rings is 1. The number of ether oxygens (including phenoxy) is 1. The van der Waals surface area contributed by atoms with E-state index in [0.29, 0.717) is 18.8 Å². The zero-order chi connectivity index (χ0) is 22.9. The highest BCUT2D eigenvalue weighted by molar-refractivity contribution is 7.89. The Balaban J connectivity index is 2.08. The number of rotatable bonds is 13. The molecule has 0 spiro atoms. The van der Waals surface area contributed by atoms with Gasteiger partial charge in [-0.15, -0.1) is 11.3 Å². The first-order chi connectivity index (χ1) is 14.7. The Morgan fingerprint density at radius 1 is 1.06 bits per heavy atom. The lowest BCUT2D eigenvalue weighted by molar-refractivity contribution is -0.140. The Morgan fingerprint density at radius 3 is 2.42 bits per heavy atom. The van der Waals surface area contributed by atoms with Crippen molar-refractivity contribution in [2.24, 2.45) is 5.92 Å². The molecule has 0 bridgehead atoms. The number of carbonyl (C=O) groups is 1. The number of hydrogen-bond donors (Lipinski definition) is 1. The van der Waals surface area contributed by atoms with Crippen LogP contribution in [0.4, 0.5) is 4.39 Å². The Labute approximate surface area is 189 Å². The van der Waals surface area contributed by atoms with Crippen LogP contribution in [-0.2, 0) is 26.0 Å². The average molecular weight is 470 g/mol. The summed E-state index contributed by atoms with van der Waals surface area (Å²) >= 11 is 1.60. The highest BCUT2D eigenvalue weighted by atomic mass is 32.2. The number of sulfonamides is 1. The second kappa shape index (κ2) is 12.3. The molecule has 172 valence electrons. The van der Waals surface area contributed by atoms with Crippen LogP contribution in [-0.4, -0.2) is 21.5 Å². The summed E-state index contributed by atoms with van der Waals surface area (Å²) in [4.78, 5) is 13.4. The van der Waals surface area contributed by atoms with E-state index in [1.54, 1.807) is 11.3 Å². The molecule has 1 atom stereocenters. The minimum Gasteiger partial charge on any atom is -0.469 e. The van der Waals surface area contributed by atoms with Gasteiger partial charge in [0.05, 0.1) is 18.0 Å². The summed E-state index contributed by atoms with van der Waals surface area (Å²) < 4.78 is 46.4. The van der Waals surface area contributed by atoms with Gasteiger partial charge in [0.15, 0.2) is 0 Å². The van der Waals surface area contributed by atoms with Crippen LogP contribution in [0.3, 0.4) is 0 Å². The van der Waals surface area contributed by atoms with Crippen molar-refractivity contribution in [3.05, 3.63) is 52.0 Å². The van der Waals surface area contributed by atoms with E-state index in [2.05, 4.69) is 23.3 Å². The number of carbonyl (C=O) groups excluding carboxylic acids is 1. The van der Waals surface area contributed by atoms with E-state index >= 15 is 0 Å². The van der Waals surface area contributed by atoms with Crippen LogP contribution in [0.1, 0.15) is 68.2 Å². The quantitative estimate of drug-likeness (QED) is 0.305. The Kier molecular flexibility index (Phi) is 10.1. The molecule has 2 aromatic rings. The molecule has 1 N–H and O–H groups in total. The monoisotopic (exact) mass is 469 g/mol. The fourth-order valence-electron chi connectivity index (χ4n) is 3.25. The predicted octanol–water partition coefficient (Wildman–Crippen LogP) is 5.62. The molecular formula is C23H32FNO4S2. The van der Waals surface area contributed by atoms with Crippen LogP contribution in [0.5, 0.6) is 0 Å². The van der Waals surface area contributed by atoms with Crippen LogP contribution < -0.4 is 4.72 Å². The third-order valence-electron chi connectivity index (χ3n) is 5.00. The predicted molar refractivity (Wildman–Crippen MR) is 122 cm³/mol. The van der Waals surface area contributed by atoms with Crippen LogP contribution in [0, 0.1) is 11.7 Å². The third kappa shape index (κ3) is 8.71. The van der Waals surface area contributed by atoms with Gasteiger partial charge >= 0.3 is 5.97 Å². The third-order valence-corrected chi connectivity index (χ3v) is 7.75. The van der Waals surface area contributed by atoms with Crippen molar-refractivity contribution in [3.8, 4) is 0 Å². The van der Waals surface area contributed by atoms with Crippen molar-refractivity contribution < 1.29 is 22.3 Å². The SMILES string of the molecule is COC(=O)CCCCc1ccc(C(CCCC(C)C)NS(=O)(=O)c2ccc(F)cc2)s1. The summed E-state index contributed by atoms with van der Waals surface area (Å²) in [6.45, 7) is 4.30. The number of aryl methyl sites for hydroxylation is 1. The molecule has 0 radical (unpaired) electrons. The number of halogens is 1. The van der Waals surface area contributed by atoms with Gasteiger partial charge in [0.25, 0.3) is 0 Å². The summed E-state index contributed by atoms with van der Waals surface area (Å²) in [5, 5.41) is 0. The van der Waals surface area contributed by atoms with E-state index < -0.39 is 15.8 Å². The molecule has 1 aromatic heterocycles. The van der Waals surface area contributed by atoms with Crippen molar-refractivity contribution in [2.75, 3.05) is 7.11 Å². The molecule has 0 fully saturated rings. The van der Waals surface area contributed by atoms with Crippen molar-refractivity contribution in [1.82, 2.24) is 4.72 Å². The standard InChI is InChI=1S/C23H32FNO4S2/c1-17(2)7-6-9-21(25-31(27,28)20-14-11-18(24)12-15-20)22-16-13-19(30-22)8-4-5-10-23(26)29-3/h11-17,21,25H,4-10H2,1-3H3. The highest BCUT2D eigenvalue weighted by Crippen LogP contribution is 2.30. The molecule has 0 aliphatic carbocycles. The smallest absolute Gasteiger partial charge is 0.305 e. The molecule has 8 heteroatoms. The molecule has 1 aromatic carbocycles. The summed E-state index contributed by atoms with van der Waals surface area (Å²) in [5.41, 5.74) is 0. The zero-order valence-electron chi connectivity index (χ0n) is 18.4. The number of thiophene rings is 1. The van der Waals surface area contributed by atoms with Gasteiger partial charge in [0, 0.05) is 16.2 Å². The van der Waals surface area contributed by atoms with Gasteiger partial charge in [0.1, 0.15) is 5.82 Å². The first-order valence-corrected chi connectivity index (χ1v) is 12.9. The number of esters is 1. The van der Waals surface area contributed by atoms with Crippen molar-refractivity contribution >= 4 is 27.3 Å². The summed E-state index contributed by atoms with van der Waals surface area (Å²) in [5.74, 6) is -0.127. The first kappa shape index (κ1) is 25.5. The van der Waals surface area contributed by atoms with E-state index in [1.165, 1.54) is 19.2 Å². The van der Waals surface area contributed by atoms with E-state index in [0.717, 1.165) is 54.0 Å². The molecule has 0 saturated heterocycles. The Morgan fingerprint density at radius 2 is 1.77 bits per heavy atom. The van der Waals surface area contributed by atoms with E-state index in [4.69, 9.17) is 0 Å². The summed E-state index contributed by atoms with van der Waals surface area (Å²) in [7, 11) is -2.37. The Bertz CT molecular complexity index is 923. The Hall–Kier alpha value is -1.77. The van der Waals surface area contributed by atoms with E-state index in [1.807, 2.05) is 12.1 Å². The minimum atomic E-state index is -3.76. The number of unbranched alkanes of at least 4 members (excludes halogenated alkanes) is 1. The number of methoxy groups -OCH3 is 1.